The van der Waals surface area contributed by atoms with Gasteiger partial charge < -0.3 is 5.32 Å². The van der Waals surface area contributed by atoms with E-state index in [9.17, 15) is 0 Å². The van der Waals surface area contributed by atoms with Crippen molar-refractivity contribution in [1.82, 2.24) is 5.32 Å². The molecule has 2 fully saturated rings. The fourth-order valence-corrected chi connectivity index (χ4v) is 4.30. The Kier molecular flexibility index (Phi) is 6.38. The van der Waals surface area contributed by atoms with Crippen molar-refractivity contribution in [2.75, 3.05) is 13.1 Å². The zero-order valence-corrected chi connectivity index (χ0v) is 13.2. The van der Waals surface area contributed by atoms with Crippen LogP contribution in [0, 0.1) is 11.8 Å². The quantitative estimate of drug-likeness (QED) is 0.846. The molecule has 1 aromatic carbocycles. The van der Waals surface area contributed by atoms with Gasteiger partial charge in [0.1, 0.15) is 0 Å². The lowest BCUT2D eigenvalue weighted by Crippen LogP contribution is -2.34. The molecule has 0 amide bonds. The molecule has 2 heteroatoms. The number of halogens is 1. The van der Waals surface area contributed by atoms with Crippen LogP contribution < -0.4 is 5.32 Å². The molecule has 0 radical (unpaired) electrons. The molecular weight excluding hydrogens is 266 g/mol. The first-order valence-electron chi connectivity index (χ1n) is 8.21. The number of nitrogens with one attached hydrogen (secondary N) is 1. The van der Waals surface area contributed by atoms with Crippen molar-refractivity contribution in [2.45, 2.75) is 50.9 Å². The van der Waals surface area contributed by atoms with E-state index >= 15 is 0 Å². The monoisotopic (exact) mass is 293 g/mol. The van der Waals surface area contributed by atoms with Crippen LogP contribution in [0.3, 0.4) is 0 Å². The second kappa shape index (κ2) is 8.05. The van der Waals surface area contributed by atoms with Gasteiger partial charge in [-0.05, 0) is 62.1 Å². The Balaban J connectivity index is 0.00000147. The summed E-state index contributed by atoms with van der Waals surface area (Å²) in [5.41, 5.74) is 1.61. The lowest BCUT2D eigenvalue weighted by molar-refractivity contribution is 0.209. The van der Waals surface area contributed by atoms with E-state index < -0.39 is 0 Å². The van der Waals surface area contributed by atoms with Gasteiger partial charge in [0, 0.05) is 0 Å². The molecule has 1 saturated carbocycles. The standard InChI is InChI=1S/C18H27N.ClH/c1-3-7-15(8-4-1)18(16-9-5-2-6-10-16)17-11-13-19-14-12-17;/h1,3-4,7-8,16-19H,2,5-6,9-14H2;1H. The first-order valence-corrected chi connectivity index (χ1v) is 8.21. The topological polar surface area (TPSA) is 12.0 Å². The van der Waals surface area contributed by atoms with E-state index in [0.29, 0.717) is 0 Å². The summed E-state index contributed by atoms with van der Waals surface area (Å²) in [4.78, 5) is 0. The van der Waals surface area contributed by atoms with Crippen LogP contribution in [-0.2, 0) is 0 Å². The molecule has 3 rings (SSSR count). The Hall–Kier alpha value is -0.530. The van der Waals surface area contributed by atoms with E-state index in [2.05, 4.69) is 35.6 Å². The molecule has 0 spiro atoms. The molecule has 1 atom stereocenters. The minimum atomic E-state index is 0. The molecular formula is C18H28ClN. The number of hydrogen-bond donors (Lipinski definition) is 1. The average Bonchev–Trinajstić information content (AvgIpc) is 2.51. The van der Waals surface area contributed by atoms with Crippen molar-refractivity contribution in [2.24, 2.45) is 11.8 Å². The zero-order chi connectivity index (χ0) is 12.9. The van der Waals surface area contributed by atoms with Crippen molar-refractivity contribution in [3.8, 4) is 0 Å². The fourth-order valence-electron chi connectivity index (χ4n) is 4.30. The number of benzene rings is 1. The van der Waals surface area contributed by atoms with Gasteiger partial charge in [0.25, 0.3) is 0 Å². The third-order valence-corrected chi connectivity index (χ3v) is 5.23. The molecule has 1 aliphatic heterocycles. The first kappa shape index (κ1) is 15.9. The van der Waals surface area contributed by atoms with Gasteiger partial charge in [0.15, 0.2) is 0 Å². The highest BCUT2D eigenvalue weighted by Crippen LogP contribution is 2.43. The Morgan fingerprint density at radius 3 is 2.05 bits per heavy atom. The molecule has 2 aliphatic rings. The van der Waals surface area contributed by atoms with Gasteiger partial charge in [-0.25, -0.2) is 0 Å². The van der Waals surface area contributed by atoms with Gasteiger partial charge in [-0.2, -0.15) is 0 Å². The highest BCUT2D eigenvalue weighted by Gasteiger charge is 2.32. The summed E-state index contributed by atoms with van der Waals surface area (Å²) in [6.45, 7) is 2.45. The van der Waals surface area contributed by atoms with Crippen LogP contribution in [-0.4, -0.2) is 13.1 Å². The maximum absolute atomic E-state index is 3.52. The van der Waals surface area contributed by atoms with E-state index in [1.807, 2.05) is 0 Å². The summed E-state index contributed by atoms with van der Waals surface area (Å²) < 4.78 is 0. The van der Waals surface area contributed by atoms with E-state index in [4.69, 9.17) is 0 Å². The van der Waals surface area contributed by atoms with Gasteiger partial charge in [0.05, 0.1) is 0 Å². The van der Waals surface area contributed by atoms with Crippen LogP contribution in [0.2, 0.25) is 0 Å². The normalized spacial score (nSPS) is 23.0. The summed E-state index contributed by atoms with van der Waals surface area (Å²) in [5.74, 6) is 2.68. The zero-order valence-electron chi connectivity index (χ0n) is 12.4. The Morgan fingerprint density at radius 1 is 0.800 bits per heavy atom. The van der Waals surface area contributed by atoms with Crippen LogP contribution in [0.1, 0.15) is 56.4 Å². The summed E-state index contributed by atoms with van der Waals surface area (Å²) in [7, 11) is 0. The molecule has 0 bridgehead atoms. The predicted molar refractivity (Wildman–Crippen MR) is 88.6 cm³/mol. The molecule has 1 aromatic rings. The van der Waals surface area contributed by atoms with Crippen molar-refractivity contribution in [1.29, 1.82) is 0 Å². The minimum Gasteiger partial charge on any atom is -0.317 e. The predicted octanol–water partition coefficient (Wildman–Crippen LogP) is 4.77. The van der Waals surface area contributed by atoms with E-state index in [1.54, 1.807) is 5.56 Å². The van der Waals surface area contributed by atoms with Gasteiger partial charge in [-0.15, -0.1) is 12.4 Å². The molecule has 1 nitrogen and oxygen atoms in total. The molecule has 20 heavy (non-hydrogen) atoms. The van der Waals surface area contributed by atoms with Crippen LogP contribution in [0.15, 0.2) is 30.3 Å². The average molecular weight is 294 g/mol. The van der Waals surface area contributed by atoms with Crippen molar-refractivity contribution in [3.05, 3.63) is 35.9 Å². The van der Waals surface area contributed by atoms with Crippen molar-refractivity contribution < 1.29 is 0 Å². The highest BCUT2D eigenvalue weighted by atomic mass is 35.5. The van der Waals surface area contributed by atoms with Crippen LogP contribution >= 0.6 is 12.4 Å². The second-order valence-corrected chi connectivity index (χ2v) is 6.42. The van der Waals surface area contributed by atoms with Crippen LogP contribution in [0.25, 0.3) is 0 Å². The van der Waals surface area contributed by atoms with Gasteiger partial charge >= 0.3 is 0 Å². The number of rotatable bonds is 3. The Morgan fingerprint density at radius 2 is 1.40 bits per heavy atom. The third kappa shape index (κ3) is 3.77. The molecule has 1 saturated heterocycles. The van der Waals surface area contributed by atoms with Crippen molar-refractivity contribution in [3.63, 3.8) is 0 Å². The summed E-state index contributed by atoms with van der Waals surface area (Å²) in [5, 5.41) is 3.52. The lowest BCUT2D eigenvalue weighted by atomic mass is 9.68. The second-order valence-electron chi connectivity index (χ2n) is 6.42. The molecule has 112 valence electrons. The molecule has 1 N–H and O–H groups in total. The SMILES string of the molecule is Cl.c1ccc(C(C2CCCCC2)C2CCNCC2)cc1. The van der Waals surface area contributed by atoms with Crippen LogP contribution in [0.5, 0.6) is 0 Å². The van der Waals surface area contributed by atoms with Crippen molar-refractivity contribution >= 4 is 12.4 Å². The minimum absolute atomic E-state index is 0. The first-order chi connectivity index (χ1) is 9.45. The lowest BCUT2D eigenvalue weighted by Gasteiger charge is -2.38. The van der Waals surface area contributed by atoms with Crippen LogP contribution in [0.4, 0.5) is 0 Å². The number of piperidine rings is 1. The molecule has 1 unspecified atom stereocenters. The summed E-state index contributed by atoms with van der Waals surface area (Å²) in [6.07, 6.45) is 10.0. The van der Waals surface area contributed by atoms with E-state index in [0.717, 1.165) is 17.8 Å². The fraction of sp³-hybridized carbons (Fsp3) is 0.667. The smallest absolute Gasteiger partial charge is 0.00460 e. The Labute approximate surface area is 130 Å². The summed E-state index contributed by atoms with van der Waals surface area (Å²) in [6, 6.07) is 11.4. The maximum atomic E-state index is 3.52. The summed E-state index contributed by atoms with van der Waals surface area (Å²) >= 11 is 0. The van der Waals surface area contributed by atoms with Gasteiger partial charge in [-0.3, -0.25) is 0 Å². The largest absolute Gasteiger partial charge is 0.317 e. The van der Waals surface area contributed by atoms with Gasteiger partial charge in [-0.1, -0.05) is 49.6 Å². The van der Waals surface area contributed by atoms with E-state index in [1.165, 1.54) is 58.0 Å². The molecule has 1 heterocycles. The highest BCUT2D eigenvalue weighted by molar-refractivity contribution is 5.85. The Bertz CT molecular complexity index is 348. The molecule has 0 aromatic heterocycles. The molecule has 1 aliphatic carbocycles. The third-order valence-electron chi connectivity index (χ3n) is 5.23. The maximum Gasteiger partial charge on any atom is -0.00460 e. The number of hydrogen-bond acceptors (Lipinski definition) is 1. The van der Waals surface area contributed by atoms with Gasteiger partial charge in [0.2, 0.25) is 0 Å². The van der Waals surface area contributed by atoms with E-state index in [-0.39, 0.29) is 12.4 Å².